The van der Waals surface area contributed by atoms with Crippen LogP contribution >= 0.6 is 11.6 Å². The quantitative estimate of drug-likeness (QED) is 0.902. The third kappa shape index (κ3) is 3.65. The fourth-order valence-electron chi connectivity index (χ4n) is 1.87. The Morgan fingerprint density at radius 2 is 2.14 bits per heavy atom. The van der Waals surface area contributed by atoms with Crippen molar-refractivity contribution in [2.24, 2.45) is 0 Å². The Morgan fingerprint density at radius 3 is 2.77 bits per heavy atom. The highest BCUT2D eigenvalue weighted by Crippen LogP contribution is 2.30. The number of benzene rings is 1. The number of anilines is 2. The first-order valence-electron chi connectivity index (χ1n) is 6.53. The number of aromatic nitrogens is 1. The number of rotatable bonds is 4. The van der Waals surface area contributed by atoms with Crippen molar-refractivity contribution in [1.29, 1.82) is 0 Å². The van der Waals surface area contributed by atoms with Crippen LogP contribution in [-0.2, 0) is 4.79 Å². The predicted octanol–water partition coefficient (Wildman–Crippen LogP) is 3.55. The summed E-state index contributed by atoms with van der Waals surface area (Å²) in [6.07, 6.45) is -0.524. The summed E-state index contributed by atoms with van der Waals surface area (Å²) < 4.78 is 19.4. The molecule has 1 aromatic heterocycles. The molecule has 3 N–H and O–H groups in total. The first-order chi connectivity index (χ1) is 10.4. The van der Waals surface area contributed by atoms with Crippen molar-refractivity contribution in [2.75, 3.05) is 11.1 Å². The second-order valence-electron chi connectivity index (χ2n) is 4.68. The van der Waals surface area contributed by atoms with Gasteiger partial charge < -0.3 is 15.8 Å². The highest BCUT2D eigenvalue weighted by atomic mass is 35.5. The van der Waals surface area contributed by atoms with E-state index in [1.54, 1.807) is 31.2 Å². The van der Waals surface area contributed by atoms with Gasteiger partial charge in [-0.05, 0) is 13.0 Å². The van der Waals surface area contributed by atoms with Gasteiger partial charge in [0.2, 0.25) is 5.91 Å². The number of pyridine rings is 1. The molecule has 1 atom stereocenters. The van der Waals surface area contributed by atoms with Gasteiger partial charge in [-0.15, -0.1) is 0 Å². The van der Waals surface area contributed by atoms with E-state index < -0.39 is 11.9 Å². The van der Waals surface area contributed by atoms with Crippen LogP contribution in [0.4, 0.5) is 15.9 Å². The Balaban J connectivity index is 2.29. The number of carbonyl (C=O) groups is 1. The topological polar surface area (TPSA) is 77.2 Å². The van der Waals surface area contributed by atoms with Crippen molar-refractivity contribution in [2.45, 2.75) is 20.0 Å². The Labute approximate surface area is 132 Å². The molecular weight excluding hydrogens is 309 g/mol. The van der Waals surface area contributed by atoms with E-state index in [0.29, 0.717) is 10.6 Å². The molecule has 5 nitrogen and oxygen atoms in total. The van der Waals surface area contributed by atoms with Crippen LogP contribution < -0.4 is 15.8 Å². The number of hydrogen-bond acceptors (Lipinski definition) is 4. The van der Waals surface area contributed by atoms with Crippen molar-refractivity contribution in [1.82, 2.24) is 4.98 Å². The van der Waals surface area contributed by atoms with Crippen LogP contribution in [0.25, 0.3) is 0 Å². The first kappa shape index (κ1) is 16.0. The number of nitrogens with zero attached hydrogens (tertiary/aromatic N) is 1. The van der Waals surface area contributed by atoms with Gasteiger partial charge in [0.1, 0.15) is 6.10 Å². The van der Waals surface area contributed by atoms with Gasteiger partial charge >= 0.3 is 0 Å². The van der Waals surface area contributed by atoms with Crippen molar-refractivity contribution >= 4 is 29.0 Å². The number of nitrogen functional groups attached to an aromatic ring is 1. The van der Waals surface area contributed by atoms with Gasteiger partial charge in [0, 0.05) is 23.6 Å². The Hall–Kier alpha value is -2.34. The zero-order valence-electron chi connectivity index (χ0n) is 12.1. The van der Waals surface area contributed by atoms with Crippen molar-refractivity contribution in [3.8, 4) is 5.88 Å². The number of amides is 1. The molecule has 22 heavy (non-hydrogen) atoms. The lowest BCUT2D eigenvalue weighted by Gasteiger charge is -2.17. The molecule has 1 unspecified atom stereocenters. The molecule has 0 aliphatic heterocycles. The third-order valence-electron chi connectivity index (χ3n) is 2.90. The van der Waals surface area contributed by atoms with Gasteiger partial charge in [-0.2, -0.15) is 4.98 Å². The summed E-state index contributed by atoms with van der Waals surface area (Å²) in [5.41, 5.74) is 6.33. The summed E-state index contributed by atoms with van der Waals surface area (Å²) in [7, 11) is 0. The van der Waals surface area contributed by atoms with Crippen LogP contribution in [-0.4, -0.2) is 10.9 Å². The highest BCUT2D eigenvalue weighted by molar-refractivity contribution is 6.31. The van der Waals surface area contributed by atoms with Gasteiger partial charge in [-0.3, -0.25) is 4.79 Å². The fraction of sp³-hybridized carbons (Fsp3) is 0.200. The zero-order valence-corrected chi connectivity index (χ0v) is 12.8. The molecule has 0 fully saturated rings. The highest BCUT2D eigenvalue weighted by Gasteiger charge is 2.17. The lowest BCUT2D eigenvalue weighted by molar-refractivity contribution is -0.114. The largest absolute Gasteiger partial charge is 0.468 e. The summed E-state index contributed by atoms with van der Waals surface area (Å²) >= 11 is 6.08. The van der Waals surface area contributed by atoms with E-state index in [1.165, 1.54) is 6.92 Å². The second-order valence-corrected chi connectivity index (χ2v) is 5.08. The Morgan fingerprint density at radius 1 is 1.45 bits per heavy atom. The molecule has 1 heterocycles. The number of carbonyl (C=O) groups excluding carboxylic acids is 1. The summed E-state index contributed by atoms with van der Waals surface area (Å²) in [4.78, 5) is 15.0. The van der Waals surface area contributed by atoms with Crippen molar-refractivity contribution in [3.63, 3.8) is 0 Å². The van der Waals surface area contributed by atoms with Crippen LogP contribution in [0.15, 0.2) is 30.3 Å². The molecule has 0 spiro atoms. The number of nitrogens with one attached hydrogen (secondary N) is 1. The third-order valence-corrected chi connectivity index (χ3v) is 3.24. The van der Waals surface area contributed by atoms with E-state index in [0.717, 1.165) is 6.07 Å². The second kappa shape index (κ2) is 6.62. The molecule has 2 aromatic rings. The smallest absolute Gasteiger partial charge is 0.253 e. The summed E-state index contributed by atoms with van der Waals surface area (Å²) in [5, 5.41) is 2.92. The number of hydrogen-bond donors (Lipinski definition) is 2. The maximum atomic E-state index is 13.9. The maximum absolute atomic E-state index is 13.9. The van der Waals surface area contributed by atoms with Gasteiger partial charge in [0.05, 0.1) is 5.69 Å². The molecule has 0 aliphatic carbocycles. The normalized spacial score (nSPS) is 11.8. The Bertz CT molecular complexity index is 709. The van der Waals surface area contributed by atoms with E-state index in [2.05, 4.69) is 10.3 Å². The number of halogens is 2. The minimum absolute atomic E-state index is 0.0189. The Kier molecular flexibility index (Phi) is 4.82. The summed E-state index contributed by atoms with van der Waals surface area (Å²) in [6, 6.07) is 8.13. The standard InChI is InChI=1S/C15H15ClFN3O2/c1-8(10-5-3-4-6-11(10)16)22-15-12(17)7-13(18)14(20-15)19-9(2)21/h3-8H,18H2,1-2H3,(H,19,20,21). The minimum Gasteiger partial charge on any atom is -0.468 e. The average molecular weight is 324 g/mol. The van der Waals surface area contributed by atoms with Gasteiger partial charge in [0.25, 0.3) is 5.88 Å². The number of nitrogens with two attached hydrogens (primary N) is 1. The van der Waals surface area contributed by atoms with Crippen molar-refractivity contribution < 1.29 is 13.9 Å². The monoisotopic (exact) mass is 323 g/mol. The molecule has 0 radical (unpaired) electrons. The molecular formula is C15H15ClFN3O2. The van der Waals surface area contributed by atoms with Crippen LogP contribution in [0.1, 0.15) is 25.5 Å². The van der Waals surface area contributed by atoms with E-state index in [1.807, 2.05) is 0 Å². The van der Waals surface area contributed by atoms with E-state index >= 15 is 0 Å². The molecule has 0 aliphatic rings. The van der Waals surface area contributed by atoms with E-state index in [-0.39, 0.29) is 23.3 Å². The van der Waals surface area contributed by atoms with Gasteiger partial charge in [-0.1, -0.05) is 29.8 Å². The zero-order chi connectivity index (χ0) is 16.3. The van der Waals surface area contributed by atoms with E-state index in [9.17, 15) is 9.18 Å². The molecule has 0 saturated heterocycles. The summed E-state index contributed by atoms with van der Waals surface area (Å²) in [6.45, 7) is 3.02. The number of ether oxygens (including phenoxy) is 1. The molecule has 0 saturated carbocycles. The van der Waals surface area contributed by atoms with Crippen LogP contribution in [0.5, 0.6) is 5.88 Å². The lowest BCUT2D eigenvalue weighted by atomic mass is 10.1. The van der Waals surface area contributed by atoms with Gasteiger partial charge in [0.15, 0.2) is 11.6 Å². The molecule has 0 bridgehead atoms. The summed E-state index contributed by atoms with van der Waals surface area (Å²) in [5.74, 6) is -1.29. The van der Waals surface area contributed by atoms with Crippen LogP contribution in [0.3, 0.4) is 0 Å². The van der Waals surface area contributed by atoms with Gasteiger partial charge in [-0.25, -0.2) is 4.39 Å². The van der Waals surface area contributed by atoms with Crippen molar-refractivity contribution in [3.05, 3.63) is 46.7 Å². The molecule has 1 aromatic carbocycles. The van der Waals surface area contributed by atoms with Crippen LogP contribution in [0, 0.1) is 5.82 Å². The average Bonchev–Trinajstić information content (AvgIpc) is 2.44. The molecule has 7 heteroatoms. The molecule has 1 amide bonds. The maximum Gasteiger partial charge on any atom is 0.253 e. The van der Waals surface area contributed by atoms with Crippen LogP contribution in [0.2, 0.25) is 5.02 Å². The van der Waals surface area contributed by atoms with E-state index in [4.69, 9.17) is 22.1 Å². The SMILES string of the molecule is CC(=O)Nc1nc(OC(C)c2ccccc2Cl)c(F)cc1N. The molecule has 2 rings (SSSR count). The minimum atomic E-state index is -0.717. The molecule has 116 valence electrons. The first-order valence-corrected chi connectivity index (χ1v) is 6.91. The lowest BCUT2D eigenvalue weighted by Crippen LogP contribution is -2.12. The fourth-order valence-corrected chi connectivity index (χ4v) is 2.16. The predicted molar refractivity (Wildman–Crippen MR) is 83.4 cm³/mol.